The fourth-order valence-corrected chi connectivity index (χ4v) is 2.55. The highest BCUT2D eigenvalue weighted by molar-refractivity contribution is 7.89. The molecule has 0 amide bonds. The number of hydrogen-bond acceptors (Lipinski definition) is 7. The van der Waals surface area contributed by atoms with E-state index in [4.69, 9.17) is 14.6 Å². The number of alkyl halides is 1. The van der Waals surface area contributed by atoms with Gasteiger partial charge in [0.1, 0.15) is 5.69 Å². The van der Waals surface area contributed by atoms with Crippen LogP contribution >= 0.6 is 0 Å². The summed E-state index contributed by atoms with van der Waals surface area (Å²) in [6.07, 6.45) is 0. The summed E-state index contributed by atoms with van der Waals surface area (Å²) in [5, 5.41) is 18.6. The number of rotatable bonds is 5. The number of anilines is 1. The minimum atomic E-state index is -4.07. The number of benzene rings is 1. The second-order valence-corrected chi connectivity index (χ2v) is 6.65. The van der Waals surface area contributed by atoms with Gasteiger partial charge in [-0.3, -0.25) is 10.1 Å². The summed E-state index contributed by atoms with van der Waals surface area (Å²) in [4.78, 5) is 9.90. The van der Waals surface area contributed by atoms with Crippen LogP contribution in [-0.4, -0.2) is 52.0 Å². The minimum Gasteiger partial charge on any atom is -0.376 e. The third-order valence-electron chi connectivity index (χ3n) is 3.18. The number of nitrogens with one attached hydrogen (secondary N) is 1. The molecule has 1 aromatic carbocycles. The summed E-state index contributed by atoms with van der Waals surface area (Å²) in [5.41, 5.74) is -2.39. The van der Waals surface area contributed by atoms with E-state index in [-0.39, 0.29) is 38.7 Å². The fraction of sp³-hybridized carbons (Fsp3) is 0.500. The molecule has 0 spiro atoms. The lowest BCUT2D eigenvalue weighted by Crippen LogP contribution is -2.40. The third-order valence-corrected chi connectivity index (χ3v) is 4.09. The fourth-order valence-electron chi connectivity index (χ4n) is 2.01. The van der Waals surface area contributed by atoms with Crippen molar-refractivity contribution >= 4 is 21.4 Å². The van der Waals surface area contributed by atoms with E-state index in [9.17, 15) is 22.9 Å². The average molecular weight is 349 g/mol. The predicted octanol–water partition coefficient (Wildman–Crippen LogP) is 0.409. The summed E-state index contributed by atoms with van der Waals surface area (Å²) in [5.74, 6) is 0. The Bertz CT molecular complexity index is 688. The molecule has 0 radical (unpaired) electrons. The Balaban J connectivity index is 2.20. The van der Waals surface area contributed by atoms with Crippen LogP contribution in [0.1, 0.15) is 0 Å². The van der Waals surface area contributed by atoms with Crippen molar-refractivity contribution < 1.29 is 27.2 Å². The van der Waals surface area contributed by atoms with Gasteiger partial charge < -0.3 is 14.8 Å². The van der Waals surface area contributed by atoms with Gasteiger partial charge in [-0.2, -0.15) is 0 Å². The molecule has 1 aromatic rings. The zero-order chi connectivity index (χ0) is 17.1. The maximum absolute atomic E-state index is 14.5. The van der Waals surface area contributed by atoms with Crippen LogP contribution in [0.2, 0.25) is 0 Å². The van der Waals surface area contributed by atoms with Gasteiger partial charge in [-0.25, -0.2) is 17.9 Å². The first-order valence-electron chi connectivity index (χ1n) is 6.61. The molecule has 1 aliphatic rings. The Kier molecular flexibility index (Phi) is 5.14. The van der Waals surface area contributed by atoms with Gasteiger partial charge in [0.05, 0.1) is 42.8 Å². The first-order chi connectivity index (χ1) is 10.7. The number of sulfonamides is 1. The van der Waals surface area contributed by atoms with Crippen molar-refractivity contribution in [1.82, 2.24) is 0 Å². The predicted molar refractivity (Wildman–Crippen MR) is 78.4 cm³/mol. The van der Waals surface area contributed by atoms with Crippen LogP contribution < -0.4 is 10.5 Å². The smallest absolute Gasteiger partial charge is 0.293 e. The number of hydrogen-bond donors (Lipinski definition) is 2. The Morgan fingerprint density at radius 3 is 2.48 bits per heavy atom. The summed E-state index contributed by atoms with van der Waals surface area (Å²) in [6, 6.07) is 3.10. The van der Waals surface area contributed by atoms with Crippen molar-refractivity contribution in [2.75, 3.05) is 38.3 Å². The van der Waals surface area contributed by atoms with Crippen LogP contribution in [0.5, 0.6) is 0 Å². The Hall–Kier alpha value is -1.82. The Labute approximate surface area is 131 Å². The topological polar surface area (TPSA) is 134 Å². The van der Waals surface area contributed by atoms with E-state index < -0.39 is 31.2 Å². The molecule has 11 heteroatoms. The first-order valence-corrected chi connectivity index (χ1v) is 8.15. The molecule has 1 heterocycles. The highest BCUT2D eigenvalue weighted by Gasteiger charge is 2.33. The summed E-state index contributed by atoms with van der Waals surface area (Å²) < 4.78 is 47.2. The first kappa shape index (κ1) is 17.5. The maximum atomic E-state index is 14.5. The molecule has 9 nitrogen and oxygen atoms in total. The van der Waals surface area contributed by atoms with Crippen molar-refractivity contribution in [1.29, 1.82) is 0 Å². The molecule has 1 fully saturated rings. The lowest BCUT2D eigenvalue weighted by atomic mass is 10.1. The van der Waals surface area contributed by atoms with E-state index in [1.165, 1.54) is 6.07 Å². The lowest BCUT2D eigenvalue weighted by Gasteiger charge is -2.23. The standard InChI is InChI=1S/C12H16FN3O6S/c13-12(7-21-3-4-22-8-12)6-15-10-2-1-9(23(14,19)20)5-11(10)16(17)18/h1-2,5,15H,3-4,6-8H2,(H2,14,19,20). The van der Waals surface area contributed by atoms with Gasteiger partial charge in [-0.05, 0) is 12.1 Å². The minimum absolute atomic E-state index is 0.0244. The SMILES string of the molecule is NS(=O)(=O)c1ccc(NCC2(F)COCCOC2)c([N+](=O)[O-])c1. The van der Waals surface area contributed by atoms with E-state index >= 15 is 0 Å². The number of ether oxygens (including phenoxy) is 2. The van der Waals surface area contributed by atoms with Gasteiger partial charge in [0, 0.05) is 6.07 Å². The highest BCUT2D eigenvalue weighted by atomic mass is 32.2. The van der Waals surface area contributed by atoms with E-state index in [0.29, 0.717) is 0 Å². The van der Waals surface area contributed by atoms with E-state index in [0.717, 1.165) is 12.1 Å². The van der Waals surface area contributed by atoms with Crippen molar-refractivity contribution in [2.45, 2.75) is 10.6 Å². The lowest BCUT2D eigenvalue weighted by molar-refractivity contribution is -0.384. The number of nitro benzene ring substituents is 1. The average Bonchev–Trinajstić information content (AvgIpc) is 2.69. The van der Waals surface area contributed by atoms with Crippen molar-refractivity contribution in [3.63, 3.8) is 0 Å². The molecule has 0 bridgehead atoms. The highest BCUT2D eigenvalue weighted by Crippen LogP contribution is 2.28. The van der Waals surface area contributed by atoms with Crippen molar-refractivity contribution in [3.8, 4) is 0 Å². The zero-order valence-corrected chi connectivity index (χ0v) is 12.8. The number of primary sulfonamides is 1. The Morgan fingerprint density at radius 1 is 1.35 bits per heavy atom. The van der Waals surface area contributed by atoms with Crippen LogP contribution in [0.25, 0.3) is 0 Å². The molecule has 0 saturated carbocycles. The number of halogens is 1. The van der Waals surface area contributed by atoms with Crippen molar-refractivity contribution in [3.05, 3.63) is 28.3 Å². The van der Waals surface area contributed by atoms with Crippen LogP contribution in [-0.2, 0) is 19.5 Å². The Morgan fingerprint density at radius 2 is 1.96 bits per heavy atom. The van der Waals surface area contributed by atoms with Crippen LogP contribution in [0, 0.1) is 10.1 Å². The van der Waals surface area contributed by atoms with Gasteiger partial charge in [-0.15, -0.1) is 0 Å². The van der Waals surface area contributed by atoms with Crippen molar-refractivity contribution in [2.24, 2.45) is 5.14 Å². The number of nitrogens with two attached hydrogens (primary N) is 1. The van der Waals surface area contributed by atoms with Gasteiger partial charge in [0.2, 0.25) is 10.0 Å². The van der Waals surface area contributed by atoms with Gasteiger partial charge in [-0.1, -0.05) is 0 Å². The molecule has 3 N–H and O–H groups in total. The summed E-state index contributed by atoms with van der Waals surface area (Å²) in [7, 11) is -4.07. The van der Waals surface area contributed by atoms with Crippen LogP contribution in [0.15, 0.2) is 23.1 Å². The second-order valence-electron chi connectivity index (χ2n) is 5.09. The molecule has 0 aliphatic carbocycles. The van der Waals surface area contributed by atoms with Gasteiger partial charge >= 0.3 is 0 Å². The van der Waals surface area contributed by atoms with Gasteiger partial charge in [0.15, 0.2) is 5.67 Å². The number of nitrogens with zero attached hydrogens (tertiary/aromatic N) is 1. The molecule has 1 saturated heterocycles. The summed E-state index contributed by atoms with van der Waals surface area (Å²) >= 11 is 0. The monoisotopic (exact) mass is 349 g/mol. The molecule has 23 heavy (non-hydrogen) atoms. The third kappa shape index (κ3) is 4.58. The molecule has 128 valence electrons. The molecular formula is C12H16FN3O6S. The normalized spacial score (nSPS) is 18.2. The quantitative estimate of drug-likeness (QED) is 0.581. The molecular weight excluding hydrogens is 333 g/mol. The number of nitro groups is 1. The molecule has 2 rings (SSSR count). The molecule has 0 atom stereocenters. The van der Waals surface area contributed by atoms with Crippen LogP contribution in [0.3, 0.4) is 0 Å². The molecule has 1 aliphatic heterocycles. The molecule has 0 aromatic heterocycles. The molecule has 0 unspecified atom stereocenters. The summed E-state index contributed by atoms with van der Waals surface area (Å²) in [6.45, 7) is -0.154. The second kappa shape index (κ2) is 6.74. The van der Waals surface area contributed by atoms with E-state index in [1.807, 2.05) is 0 Å². The van der Waals surface area contributed by atoms with E-state index in [1.54, 1.807) is 0 Å². The van der Waals surface area contributed by atoms with E-state index in [2.05, 4.69) is 5.32 Å². The van der Waals surface area contributed by atoms with Gasteiger partial charge in [0.25, 0.3) is 5.69 Å². The zero-order valence-electron chi connectivity index (χ0n) is 12.0. The van der Waals surface area contributed by atoms with Crippen LogP contribution in [0.4, 0.5) is 15.8 Å². The maximum Gasteiger partial charge on any atom is 0.293 e. The largest absolute Gasteiger partial charge is 0.376 e.